The molecule has 0 radical (unpaired) electrons. The number of carbonyl (C=O) groups is 1. The van der Waals surface area contributed by atoms with Crippen molar-refractivity contribution in [1.82, 2.24) is 4.90 Å². The van der Waals surface area contributed by atoms with Crippen LogP contribution in [0.1, 0.15) is 60.3 Å². The second-order valence-corrected chi connectivity index (χ2v) is 10.4. The zero-order chi connectivity index (χ0) is 24.2. The second kappa shape index (κ2) is 8.49. The van der Waals surface area contributed by atoms with Crippen molar-refractivity contribution in [3.05, 3.63) is 94.8 Å². The fraction of sp³-hybridized carbons (Fsp3) is 0.367. The van der Waals surface area contributed by atoms with Gasteiger partial charge in [0.1, 0.15) is 12.4 Å². The predicted octanol–water partition coefficient (Wildman–Crippen LogP) is 6.29. The standard InChI is InChI=1S/C30H30FNO3/c1-19-13-20(15-21(31)14-19)30(34)16-22-7-6-8-23(17-30)32(22)29(33)35-18-28-26-11-4-2-9-24(26)25-10-3-5-12-27(25)28/h2-5,9-15,22-23,28,34H,6-8,16-18H2,1H3. The molecule has 4 nitrogen and oxygen atoms in total. The minimum Gasteiger partial charge on any atom is -0.448 e. The quantitative estimate of drug-likeness (QED) is 0.489. The topological polar surface area (TPSA) is 49.8 Å². The molecular formula is C30H30FNO3. The number of nitrogens with zero attached hydrogens (tertiary/aromatic N) is 1. The van der Waals surface area contributed by atoms with Gasteiger partial charge in [-0.15, -0.1) is 0 Å². The maximum absolute atomic E-state index is 14.1. The monoisotopic (exact) mass is 471 g/mol. The first-order valence-electron chi connectivity index (χ1n) is 12.6. The number of piperidine rings is 2. The second-order valence-electron chi connectivity index (χ2n) is 10.4. The molecule has 2 atom stereocenters. The van der Waals surface area contributed by atoms with E-state index in [4.69, 9.17) is 4.74 Å². The Bertz CT molecular complexity index is 1210. The third-order valence-corrected chi connectivity index (χ3v) is 8.13. The highest BCUT2D eigenvalue weighted by Gasteiger charge is 2.49. The Labute approximate surface area is 205 Å². The van der Waals surface area contributed by atoms with Crippen molar-refractivity contribution in [3.63, 3.8) is 0 Å². The van der Waals surface area contributed by atoms with Crippen molar-refractivity contribution in [2.24, 2.45) is 0 Å². The van der Waals surface area contributed by atoms with E-state index >= 15 is 0 Å². The Morgan fingerprint density at radius 3 is 2.20 bits per heavy atom. The van der Waals surface area contributed by atoms with E-state index in [2.05, 4.69) is 24.3 Å². The van der Waals surface area contributed by atoms with Crippen LogP contribution in [-0.4, -0.2) is 34.8 Å². The first kappa shape index (κ1) is 22.3. The highest BCUT2D eigenvalue weighted by atomic mass is 19.1. The van der Waals surface area contributed by atoms with Crippen molar-refractivity contribution in [2.45, 2.75) is 62.6 Å². The fourth-order valence-electron chi connectivity index (χ4n) is 6.64. The molecule has 2 saturated heterocycles. The van der Waals surface area contributed by atoms with Crippen molar-refractivity contribution >= 4 is 6.09 Å². The molecule has 3 aromatic carbocycles. The molecule has 2 heterocycles. The van der Waals surface area contributed by atoms with Gasteiger partial charge in [0.2, 0.25) is 0 Å². The number of benzene rings is 3. The van der Waals surface area contributed by atoms with Crippen LogP contribution in [0.15, 0.2) is 66.7 Å². The Balaban J connectivity index is 1.21. The largest absolute Gasteiger partial charge is 0.448 e. The molecular weight excluding hydrogens is 441 g/mol. The summed E-state index contributed by atoms with van der Waals surface area (Å²) in [5.74, 6) is -0.319. The molecule has 1 amide bonds. The first-order valence-corrected chi connectivity index (χ1v) is 12.6. The third-order valence-electron chi connectivity index (χ3n) is 8.13. The molecule has 0 spiro atoms. The van der Waals surface area contributed by atoms with Crippen LogP contribution in [0.2, 0.25) is 0 Å². The van der Waals surface area contributed by atoms with Crippen LogP contribution in [0, 0.1) is 12.7 Å². The summed E-state index contributed by atoms with van der Waals surface area (Å²) in [5, 5.41) is 11.6. The number of fused-ring (bicyclic) bond motifs is 5. The number of rotatable bonds is 3. The lowest BCUT2D eigenvalue weighted by Crippen LogP contribution is -2.59. The number of amides is 1. The Morgan fingerprint density at radius 2 is 1.60 bits per heavy atom. The van der Waals surface area contributed by atoms with Gasteiger partial charge in [-0.2, -0.15) is 0 Å². The lowest BCUT2D eigenvalue weighted by atomic mass is 9.72. The summed E-state index contributed by atoms with van der Waals surface area (Å²) in [7, 11) is 0. The summed E-state index contributed by atoms with van der Waals surface area (Å²) in [6.45, 7) is 2.12. The van der Waals surface area contributed by atoms with Crippen LogP contribution >= 0.6 is 0 Å². The highest BCUT2D eigenvalue weighted by Crippen LogP contribution is 2.46. The van der Waals surface area contributed by atoms with E-state index in [1.54, 1.807) is 0 Å². The van der Waals surface area contributed by atoms with Crippen molar-refractivity contribution in [2.75, 3.05) is 6.61 Å². The Kier molecular flexibility index (Phi) is 5.41. The van der Waals surface area contributed by atoms with E-state index in [1.165, 1.54) is 34.4 Å². The van der Waals surface area contributed by atoms with E-state index in [0.29, 0.717) is 18.4 Å². The Hall–Kier alpha value is -3.18. The highest BCUT2D eigenvalue weighted by molar-refractivity contribution is 5.79. The summed E-state index contributed by atoms with van der Waals surface area (Å²) in [5.41, 5.74) is 5.05. The molecule has 35 heavy (non-hydrogen) atoms. The lowest BCUT2D eigenvalue weighted by molar-refractivity contribution is -0.0892. The molecule has 1 aliphatic carbocycles. The molecule has 3 aromatic rings. The number of ether oxygens (including phenoxy) is 1. The first-order chi connectivity index (χ1) is 16.9. The smallest absolute Gasteiger partial charge is 0.410 e. The average Bonchev–Trinajstić information content (AvgIpc) is 3.15. The van der Waals surface area contributed by atoms with Gasteiger partial charge in [0.25, 0.3) is 0 Å². The van der Waals surface area contributed by atoms with Gasteiger partial charge in [-0.05, 0) is 71.7 Å². The molecule has 1 N–H and O–H groups in total. The average molecular weight is 472 g/mol. The molecule has 2 aliphatic heterocycles. The van der Waals surface area contributed by atoms with E-state index in [1.807, 2.05) is 42.2 Å². The summed E-state index contributed by atoms with van der Waals surface area (Å²) in [6.07, 6.45) is 3.14. The number of halogens is 1. The summed E-state index contributed by atoms with van der Waals surface area (Å²) in [4.78, 5) is 15.3. The number of aryl methyl sites for hydroxylation is 1. The number of carbonyl (C=O) groups excluding carboxylic acids is 1. The van der Waals surface area contributed by atoms with E-state index in [9.17, 15) is 14.3 Å². The molecule has 0 aromatic heterocycles. The molecule has 0 saturated carbocycles. The SMILES string of the molecule is Cc1cc(F)cc(C2(O)CC3CCCC(C2)N3C(=O)OCC2c3ccccc3-c3ccccc32)c1. The molecule has 2 bridgehead atoms. The zero-order valence-corrected chi connectivity index (χ0v) is 19.9. The normalized spacial score (nSPS) is 25.2. The predicted molar refractivity (Wildman–Crippen MR) is 133 cm³/mol. The molecule has 5 heteroatoms. The van der Waals surface area contributed by atoms with Gasteiger partial charge in [0.15, 0.2) is 0 Å². The number of hydrogen-bond donors (Lipinski definition) is 1. The van der Waals surface area contributed by atoms with E-state index in [-0.39, 0.29) is 36.5 Å². The number of aliphatic hydroxyl groups is 1. The maximum atomic E-state index is 14.1. The third kappa shape index (κ3) is 3.82. The van der Waals surface area contributed by atoms with Gasteiger partial charge >= 0.3 is 6.09 Å². The van der Waals surface area contributed by atoms with Gasteiger partial charge < -0.3 is 14.7 Å². The molecule has 6 rings (SSSR count). The summed E-state index contributed by atoms with van der Waals surface area (Å²) < 4.78 is 20.1. The number of hydrogen-bond acceptors (Lipinski definition) is 3. The van der Waals surface area contributed by atoms with Crippen LogP contribution in [0.5, 0.6) is 0 Å². The van der Waals surface area contributed by atoms with Crippen LogP contribution in [0.25, 0.3) is 11.1 Å². The summed E-state index contributed by atoms with van der Waals surface area (Å²) >= 11 is 0. The van der Waals surface area contributed by atoms with Crippen LogP contribution in [-0.2, 0) is 10.3 Å². The molecule has 180 valence electrons. The lowest BCUT2D eigenvalue weighted by Gasteiger charge is -2.51. The van der Waals surface area contributed by atoms with Gasteiger partial charge in [0.05, 0.1) is 5.60 Å². The van der Waals surface area contributed by atoms with Gasteiger partial charge in [0, 0.05) is 30.8 Å². The minimum absolute atomic E-state index is 0.0168. The minimum atomic E-state index is -1.14. The van der Waals surface area contributed by atoms with Gasteiger partial charge in [-0.25, -0.2) is 9.18 Å². The fourth-order valence-corrected chi connectivity index (χ4v) is 6.64. The van der Waals surface area contributed by atoms with Crippen molar-refractivity contribution < 1.29 is 19.0 Å². The van der Waals surface area contributed by atoms with Crippen LogP contribution in [0.4, 0.5) is 9.18 Å². The van der Waals surface area contributed by atoms with Gasteiger partial charge in [-0.3, -0.25) is 0 Å². The zero-order valence-electron chi connectivity index (χ0n) is 19.9. The van der Waals surface area contributed by atoms with E-state index < -0.39 is 5.60 Å². The van der Waals surface area contributed by atoms with E-state index in [0.717, 1.165) is 24.8 Å². The molecule has 3 aliphatic rings. The van der Waals surface area contributed by atoms with Gasteiger partial charge in [-0.1, -0.05) is 54.6 Å². The maximum Gasteiger partial charge on any atom is 0.410 e. The van der Waals surface area contributed by atoms with Crippen molar-refractivity contribution in [3.8, 4) is 11.1 Å². The van der Waals surface area contributed by atoms with Crippen LogP contribution in [0.3, 0.4) is 0 Å². The van der Waals surface area contributed by atoms with Crippen LogP contribution < -0.4 is 0 Å². The van der Waals surface area contributed by atoms with Crippen molar-refractivity contribution in [1.29, 1.82) is 0 Å². The summed E-state index contributed by atoms with van der Waals surface area (Å²) in [6, 6.07) is 21.2. The Morgan fingerprint density at radius 1 is 1.00 bits per heavy atom. The molecule has 2 unspecified atom stereocenters. The molecule has 2 fully saturated rings.